The lowest BCUT2D eigenvalue weighted by atomic mass is 10.1. The van der Waals surface area contributed by atoms with Crippen LogP contribution in [0.1, 0.15) is 15.9 Å². The monoisotopic (exact) mass is 293 g/mol. The number of carbonyl (C=O) groups is 1. The number of anilines is 2. The minimum Gasteiger partial charge on any atom is -0.440 e. The summed E-state index contributed by atoms with van der Waals surface area (Å²) in [7, 11) is 0. The molecule has 2 aromatic carbocycles. The van der Waals surface area contributed by atoms with Gasteiger partial charge in [-0.15, -0.1) is 0 Å². The molecule has 0 unspecified atom stereocenters. The van der Waals surface area contributed by atoms with E-state index in [0.717, 1.165) is 6.07 Å². The van der Waals surface area contributed by atoms with Crippen molar-refractivity contribution in [2.45, 2.75) is 6.18 Å². The number of benzene rings is 2. The van der Waals surface area contributed by atoms with E-state index >= 15 is 0 Å². The maximum absolute atomic E-state index is 13.1. The highest BCUT2D eigenvalue weighted by Crippen LogP contribution is 2.40. The maximum atomic E-state index is 13.1. The van der Waals surface area contributed by atoms with Crippen LogP contribution in [0, 0.1) is 0 Å². The molecule has 0 saturated carbocycles. The minimum atomic E-state index is -4.48. The van der Waals surface area contributed by atoms with Crippen LogP contribution in [-0.2, 0) is 10.9 Å². The van der Waals surface area contributed by atoms with Crippen LogP contribution in [-0.4, -0.2) is 12.7 Å². The van der Waals surface area contributed by atoms with Gasteiger partial charge in [0.15, 0.2) is 6.73 Å². The molecule has 3 rings (SSSR count). The zero-order chi connectivity index (χ0) is 15.0. The highest BCUT2D eigenvalue weighted by molar-refractivity contribution is 5.98. The summed E-state index contributed by atoms with van der Waals surface area (Å²) >= 11 is 0. The van der Waals surface area contributed by atoms with Gasteiger partial charge in [-0.1, -0.05) is 24.3 Å². The van der Waals surface area contributed by atoms with Crippen molar-refractivity contribution in [1.82, 2.24) is 0 Å². The van der Waals surface area contributed by atoms with Crippen molar-refractivity contribution in [1.29, 1.82) is 0 Å². The summed E-state index contributed by atoms with van der Waals surface area (Å²) in [6.45, 7) is -0.247. The number of halogens is 3. The maximum Gasteiger partial charge on any atom is 0.418 e. The smallest absolute Gasteiger partial charge is 0.418 e. The highest BCUT2D eigenvalue weighted by atomic mass is 19.4. The second kappa shape index (κ2) is 4.80. The Kier molecular flexibility index (Phi) is 3.08. The SMILES string of the molecule is O=C1OCN(c2ccccc2C(F)(F)F)c2ccccc21. The van der Waals surface area contributed by atoms with E-state index in [9.17, 15) is 18.0 Å². The molecule has 0 radical (unpaired) electrons. The summed E-state index contributed by atoms with van der Waals surface area (Å²) in [5, 5.41) is 0. The van der Waals surface area contributed by atoms with Crippen LogP contribution in [0.5, 0.6) is 0 Å². The van der Waals surface area contributed by atoms with Crippen LogP contribution in [0.3, 0.4) is 0 Å². The van der Waals surface area contributed by atoms with Gasteiger partial charge in [0.2, 0.25) is 0 Å². The topological polar surface area (TPSA) is 29.5 Å². The molecule has 21 heavy (non-hydrogen) atoms. The molecule has 2 aromatic rings. The third kappa shape index (κ3) is 2.33. The number of hydrogen-bond acceptors (Lipinski definition) is 3. The number of ether oxygens (including phenoxy) is 1. The van der Waals surface area contributed by atoms with Gasteiger partial charge >= 0.3 is 12.1 Å². The Morgan fingerprint density at radius 1 is 0.952 bits per heavy atom. The molecule has 0 atom stereocenters. The number of hydrogen-bond donors (Lipinski definition) is 0. The van der Waals surface area contributed by atoms with Gasteiger partial charge in [-0.05, 0) is 24.3 Å². The zero-order valence-corrected chi connectivity index (χ0v) is 10.7. The molecule has 1 aliphatic rings. The number of esters is 1. The van der Waals surface area contributed by atoms with E-state index in [0.29, 0.717) is 5.69 Å². The van der Waals surface area contributed by atoms with E-state index in [1.165, 1.54) is 29.2 Å². The molecular weight excluding hydrogens is 283 g/mol. The van der Waals surface area contributed by atoms with Crippen molar-refractivity contribution in [2.24, 2.45) is 0 Å². The number of nitrogens with zero attached hydrogens (tertiary/aromatic N) is 1. The summed E-state index contributed by atoms with van der Waals surface area (Å²) in [5.41, 5.74) is -0.145. The Balaban J connectivity index is 2.15. The first-order chi connectivity index (χ1) is 9.98. The quantitative estimate of drug-likeness (QED) is 0.745. The fourth-order valence-electron chi connectivity index (χ4n) is 2.30. The lowest BCUT2D eigenvalue weighted by Gasteiger charge is -2.31. The first-order valence-corrected chi connectivity index (χ1v) is 6.18. The molecule has 0 N–H and O–H groups in total. The molecule has 0 saturated heterocycles. The molecule has 108 valence electrons. The predicted octanol–water partition coefficient (Wildman–Crippen LogP) is 3.97. The van der Waals surface area contributed by atoms with E-state index in [1.54, 1.807) is 18.2 Å². The van der Waals surface area contributed by atoms with Crippen LogP contribution < -0.4 is 4.90 Å². The van der Waals surface area contributed by atoms with Crippen LogP contribution in [0.15, 0.2) is 48.5 Å². The molecule has 0 fully saturated rings. The first kappa shape index (κ1) is 13.5. The van der Waals surface area contributed by atoms with Crippen molar-refractivity contribution < 1.29 is 22.7 Å². The van der Waals surface area contributed by atoms with E-state index < -0.39 is 17.7 Å². The number of cyclic esters (lactones) is 1. The first-order valence-electron chi connectivity index (χ1n) is 6.18. The normalized spacial score (nSPS) is 14.6. The molecule has 6 heteroatoms. The van der Waals surface area contributed by atoms with Crippen molar-refractivity contribution in [3.05, 3.63) is 59.7 Å². The van der Waals surface area contributed by atoms with E-state index in [1.807, 2.05) is 0 Å². The van der Waals surface area contributed by atoms with Crippen molar-refractivity contribution in [3.8, 4) is 0 Å². The number of para-hydroxylation sites is 2. The molecule has 0 bridgehead atoms. The number of carbonyl (C=O) groups excluding carboxylic acids is 1. The summed E-state index contributed by atoms with van der Waals surface area (Å²) in [4.78, 5) is 13.0. The van der Waals surface area contributed by atoms with Gasteiger partial charge in [0, 0.05) is 0 Å². The zero-order valence-electron chi connectivity index (χ0n) is 10.7. The third-order valence-corrected chi connectivity index (χ3v) is 3.24. The average molecular weight is 293 g/mol. The van der Waals surface area contributed by atoms with Crippen molar-refractivity contribution >= 4 is 17.3 Å². The second-order valence-corrected chi connectivity index (χ2v) is 4.52. The summed E-state index contributed by atoms with van der Waals surface area (Å²) in [6, 6.07) is 11.6. The van der Waals surface area contributed by atoms with Crippen LogP contribution in [0.4, 0.5) is 24.5 Å². The molecule has 3 nitrogen and oxygen atoms in total. The van der Waals surface area contributed by atoms with Gasteiger partial charge in [0.25, 0.3) is 0 Å². The standard InChI is InChI=1S/C15H10F3NO2/c16-15(17,18)11-6-2-4-8-13(11)19-9-21-14(20)10-5-1-3-7-12(10)19/h1-8H,9H2. The number of alkyl halides is 3. The van der Waals surface area contributed by atoms with Gasteiger partial charge in [-0.3, -0.25) is 0 Å². The van der Waals surface area contributed by atoms with Crippen LogP contribution >= 0.6 is 0 Å². The highest BCUT2D eigenvalue weighted by Gasteiger charge is 2.36. The lowest BCUT2D eigenvalue weighted by Crippen LogP contribution is -2.31. The Labute approximate surface area is 118 Å². The predicted molar refractivity (Wildman–Crippen MR) is 70.3 cm³/mol. The Morgan fingerprint density at radius 3 is 2.29 bits per heavy atom. The van der Waals surface area contributed by atoms with Crippen LogP contribution in [0.25, 0.3) is 0 Å². The molecule has 1 heterocycles. The molecule has 1 aliphatic heterocycles. The summed E-state index contributed by atoms with van der Waals surface area (Å²) < 4.78 is 44.3. The van der Waals surface area contributed by atoms with E-state index in [2.05, 4.69) is 0 Å². The number of rotatable bonds is 1. The molecular formula is C15H10F3NO2. The van der Waals surface area contributed by atoms with Gasteiger partial charge in [0.1, 0.15) is 0 Å². The summed E-state index contributed by atoms with van der Waals surface area (Å²) in [5.74, 6) is -0.536. The molecule has 0 spiro atoms. The van der Waals surface area contributed by atoms with Gasteiger partial charge in [-0.2, -0.15) is 13.2 Å². The molecule has 0 aromatic heterocycles. The minimum absolute atomic E-state index is 0.0371. The Bertz CT molecular complexity index is 697. The van der Waals surface area contributed by atoms with Gasteiger partial charge in [-0.25, -0.2) is 4.79 Å². The van der Waals surface area contributed by atoms with E-state index in [4.69, 9.17) is 4.74 Å². The largest absolute Gasteiger partial charge is 0.440 e. The number of fused-ring (bicyclic) bond motifs is 1. The summed E-state index contributed by atoms with van der Waals surface area (Å²) in [6.07, 6.45) is -4.48. The van der Waals surface area contributed by atoms with Crippen LogP contribution in [0.2, 0.25) is 0 Å². The lowest BCUT2D eigenvalue weighted by molar-refractivity contribution is -0.137. The third-order valence-electron chi connectivity index (χ3n) is 3.24. The molecule has 0 aliphatic carbocycles. The second-order valence-electron chi connectivity index (χ2n) is 4.52. The van der Waals surface area contributed by atoms with Crippen molar-refractivity contribution in [2.75, 3.05) is 11.6 Å². The van der Waals surface area contributed by atoms with E-state index in [-0.39, 0.29) is 18.0 Å². The Morgan fingerprint density at radius 2 is 1.57 bits per heavy atom. The van der Waals surface area contributed by atoms with Crippen molar-refractivity contribution in [3.63, 3.8) is 0 Å². The average Bonchev–Trinajstić information content (AvgIpc) is 2.47. The fourth-order valence-corrected chi connectivity index (χ4v) is 2.30. The fraction of sp³-hybridized carbons (Fsp3) is 0.133. The molecule has 0 amide bonds. The Hall–Kier alpha value is -2.50. The van der Waals surface area contributed by atoms with Gasteiger partial charge < -0.3 is 9.64 Å². The van der Waals surface area contributed by atoms with Gasteiger partial charge in [0.05, 0.1) is 22.5 Å².